The molecule has 0 bridgehead atoms. The Morgan fingerprint density at radius 3 is 2.50 bits per heavy atom. The van der Waals surface area contributed by atoms with Crippen molar-refractivity contribution in [2.45, 2.75) is 25.9 Å². The van der Waals surface area contributed by atoms with Crippen LogP contribution >= 0.6 is 0 Å². The van der Waals surface area contributed by atoms with Crippen molar-refractivity contribution in [1.29, 1.82) is 0 Å². The number of benzene rings is 2. The molecule has 3 rings (SSSR count). The van der Waals surface area contributed by atoms with Crippen molar-refractivity contribution in [2.24, 2.45) is 5.73 Å². The quantitative estimate of drug-likeness (QED) is 0.798. The van der Waals surface area contributed by atoms with Crippen LogP contribution in [-0.4, -0.2) is 29.2 Å². The minimum atomic E-state index is -2.01. The average molecular weight is 352 g/mol. The number of fused-ring (bicyclic) bond motifs is 1. The summed E-state index contributed by atoms with van der Waals surface area (Å²) in [4.78, 5) is 38.1. The summed E-state index contributed by atoms with van der Waals surface area (Å²) in [6.07, 6.45) is -0.401. The summed E-state index contributed by atoms with van der Waals surface area (Å²) in [6, 6.07) is 12.0. The second kappa shape index (κ2) is 6.38. The number of aliphatic hydroxyl groups is 1. The van der Waals surface area contributed by atoms with Crippen LogP contribution in [0.2, 0.25) is 0 Å². The second-order valence-corrected chi connectivity index (χ2v) is 6.65. The molecular formula is C20H20N2O4. The van der Waals surface area contributed by atoms with Crippen LogP contribution in [0, 0.1) is 13.8 Å². The minimum absolute atomic E-state index is 0.310. The van der Waals surface area contributed by atoms with Gasteiger partial charge in [-0.15, -0.1) is 0 Å². The Morgan fingerprint density at radius 2 is 1.85 bits per heavy atom. The summed E-state index contributed by atoms with van der Waals surface area (Å²) >= 11 is 0. The van der Waals surface area contributed by atoms with Gasteiger partial charge in [-0.3, -0.25) is 19.3 Å². The smallest absolute Gasteiger partial charge is 0.264 e. The molecule has 0 saturated heterocycles. The largest absolute Gasteiger partial charge is 0.375 e. The van der Waals surface area contributed by atoms with Crippen LogP contribution in [0.4, 0.5) is 5.69 Å². The fourth-order valence-corrected chi connectivity index (χ4v) is 3.44. The number of anilines is 1. The van der Waals surface area contributed by atoms with E-state index in [9.17, 15) is 19.5 Å². The molecule has 0 saturated carbocycles. The number of nitrogens with two attached hydrogens (primary N) is 1. The number of hydrogen-bond donors (Lipinski definition) is 2. The molecule has 0 spiro atoms. The van der Waals surface area contributed by atoms with Crippen molar-refractivity contribution in [3.63, 3.8) is 0 Å². The van der Waals surface area contributed by atoms with Crippen molar-refractivity contribution in [1.82, 2.24) is 0 Å². The van der Waals surface area contributed by atoms with Gasteiger partial charge in [0.15, 0.2) is 11.4 Å². The topological polar surface area (TPSA) is 101 Å². The first-order valence-corrected chi connectivity index (χ1v) is 8.26. The second-order valence-electron chi connectivity index (χ2n) is 6.65. The fourth-order valence-electron chi connectivity index (χ4n) is 3.44. The zero-order valence-electron chi connectivity index (χ0n) is 14.7. The zero-order chi connectivity index (χ0) is 19.1. The molecule has 3 N–H and O–H groups in total. The van der Waals surface area contributed by atoms with E-state index in [1.807, 2.05) is 26.0 Å². The van der Waals surface area contributed by atoms with Crippen LogP contribution in [0.25, 0.3) is 0 Å². The van der Waals surface area contributed by atoms with Gasteiger partial charge in [0.2, 0.25) is 5.91 Å². The molecule has 1 aliphatic heterocycles. The third-order valence-corrected chi connectivity index (χ3v) is 4.65. The van der Waals surface area contributed by atoms with Crippen LogP contribution in [0.1, 0.15) is 33.5 Å². The lowest BCUT2D eigenvalue weighted by atomic mass is 9.87. The maximum absolute atomic E-state index is 12.8. The standard InChI is InChI=1S/C20H20N2O4/c1-12-7-8-14(13(2)9-12)17(23)10-20(26)15-5-3-4-6-16(15)22(19(20)25)11-18(21)24/h3-9,26H,10-11H2,1-2H3,(H2,21,24)/t20-/m1/s1. The van der Waals surface area contributed by atoms with E-state index in [4.69, 9.17) is 5.73 Å². The summed E-state index contributed by atoms with van der Waals surface area (Å²) < 4.78 is 0. The zero-order valence-corrected chi connectivity index (χ0v) is 14.7. The molecule has 2 amide bonds. The molecule has 0 aromatic heterocycles. The molecular weight excluding hydrogens is 332 g/mol. The number of primary amides is 1. The monoisotopic (exact) mass is 352 g/mol. The first kappa shape index (κ1) is 17.8. The molecule has 1 atom stereocenters. The maximum atomic E-state index is 12.8. The Bertz CT molecular complexity index is 922. The van der Waals surface area contributed by atoms with Crippen LogP contribution in [0.5, 0.6) is 0 Å². The van der Waals surface area contributed by atoms with Gasteiger partial charge in [0.05, 0.1) is 12.1 Å². The highest BCUT2D eigenvalue weighted by molar-refractivity contribution is 6.12. The predicted octanol–water partition coefficient (Wildman–Crippen LogP) is 1.60. The fraction of sp³-hybridized carbons (Fsp3) is 0.250. The normalized spacial score (nSPS) is 18.7. The summed E-state index contributed by atoms with van der Waals surface area (Å²) in [7, 11) is 0. The summed E-state index contributed by atoms with van der Waals surface area (Å²) in [5, 5.41) is 11.1. The van der Waals surface area contributed by atoms with Crippen molar-refractivity contribution in [2.75, 3.05) is 11.4 Å². The Balaban J connectivity index is 1.99. The van der Waals surface area contributed by atoms with Crippen molar-refractivity contribution < 1.29 is 19.5 Å². The summed E-state index contributed by atoms with van der Waals surface area (Å²) in [5.74, 6) is -1.75. The van der Waals surface area contributed by atoms with Gasteiger partial charge in [-0.2, -0.15) is 0 Å². The molecule has 0 radical (unpaired) electrons. The van der Waals surface area contributed by atoms with Gasteiger partial charge in [0.1, 0.15) is 6.54 Å². The number of aryl methyl sites for hydroxylation is 2. The van der Waals surface area contributed by atoms with E-state index in [-0.39, 0.29) is 12.3 Å². The lowest BCUT2D eigenvalue weighted by molar-refractivity contribution is -0.136. The van der Waals surface area contributed by atoms with Gasteiger partial charge in [-0.1, -0.05) is 42.0 Å². The van der Waals surface area contributed by atoms with Crippen molar-refractivity contribution >= 4 is 23.3 Å². The van der Waals surface area contributed by atoms with E-state index in [2.05, 4.69) is 0 Å². The first-order chi connectivity index (χ1) is 12.2. The molecule has 134 valence electrons. The molecule has 2 aromatic carbocycles. The Kier molecular flexibility index (Phi) is 4.38. The lowest BCUT2D eigenvalue weighted by Crippen LogP contribution is -2.44. The summed E-state index contributed by atoms with van der Waals surface area (Å²) in [5.41, 5.74) is 6.18. The van der Waals surface area contributed by atoms with Gasteiger partial charge < -0.3 is 10.8 Å². The van der Waals surface area contributed by atoms with Gasteiger partial charge in [0, 0.05) is 11.1 Å². The van der Waals surface area contributed by atoms with Gasteiger partial charge in [-0.05, 0) is 25.5 Å². The van der Waals surface area contributed by atoms with Gasteiger partial charge in [-0.25, -0.2) is 0 Å². The minimum Gasteiger partial charge on any atom is -0.375 e. The van der Waals surface area contributed by atoms with E-state index in [0.29, 0.717) is 16.8 Å². The Morgan fingerprint density at radius 1 is 1.15 bits per heavy atom. The number of rotatable bonds is 5. The summed E-state index contributed by atoms with van der Waals surface area (Å²) in [6.45, 7) is 3.39. The number of hydrogen-bond acceptors (Lipinski definition) is 4. The van der Waals surface area contributed by atoms with E-state index in [1.54, 1.807) is 30.3 Å². The van der Waals surface area contributed by atoms with Crippen molar-refractivity contribution in [3.05, 3.63) is 64.7 Å². The number of amides is 2. The van der Waals surface area contributed by atoms with Crippen LogP contribution in [0.3, 0.4) is 0 Å². The average Bonchev–Trinajstić information content (AvgIpc) is 2.77. The molecule has 1 heterocycles. The Hall–Kier alpha value is -2.99. The molecule has 0 aliphatic carbocycles. The third kappa shape index (κ3) is 2.88. The number of carbonyl (C=O) groups excluding carboxylic acids is 3. The Labute approximate surface area is 151 Å². The van der Waals surface area contributed by atoms with Crippen LogP contribution in [0.15, 0.2) is 42.5 Å². The number of ketones is 1. The van der Waals surface area contributed by atoms with Gasteiger partial charge in [0.25, 0.3) is 5.91 Å². The molecule has 26 heavy (non-hydrogen) atoms. The molecule has 2 aromatic rings. The third-order valence-electron chi connectivity index (χ3n) is 4.65. The molecule has 1 aliphatic rings. The number of nitrogens with zero attached hydrogens (tertiary/aromatic N) is 1. The molecule has 6 heteroatoms. The SMILES string of the molecule is Cc1ccc(C(=O)C[C@]2(O)C(=O)N(CC(N)=O)c3ccccc32)c(C)c1. The lowest BCUT2D eigenvalue weighted by Gasteiger charge is -2.22. The van der Waals surface area contributed by atoms with Crippen LogP contribution < -0.4 is 10.6 Å². The number of Topliss-reactive ketones (excluding diaryl/α,β-unsaturated/α-hetero) is 1. The maximum Gasteiger partial charge on any atom is 0.264 e. The molecule has 0 unspecified atom stereocenters. The highest BCUT2D eigenvalue weighted by Crippen LogP contribution is 2.42. The highest BCUT2D eigenvalue weighted by Gasteiger charge is 2.51. The molecule has 6 nitrogen and oxygen atoms in total. The van der Waals surface area contributed by atoms with Crippen LogP contribution in [-0.2, 0) is 15.2 Å². The first-order valence-electron chi connectivity index (χ1n) is 8.26. The van der Waals surface area contributed by atoms with E-state index in [0.717, 1.165) is 16.0 Å². The van der Waals surface area contributed by atoms with E-state index < -0.39 is 23.8 Å². The number of carbonyl (C=O) groups is 3. The van der Waals surface area contributed by atoms with E-state index in [1.165, 1.54) is 0 Å². The molecule has 0 fully saturated rings. The van der Waals surface area contributed by atoms with Crippen molar-refractivity contribution in [3.8, 4) is 0 Å². The highest BCUT2D eigenvalue weighted by atomic mass is 16.3. The van der Waals surface area contributed by atoms with E-state index >= 15 is 0 Å². The van der Waals surface area contributed by atoms with Gasteiger partial charge >= 0.3 is 0 Å². The number of para-hydroxylation sites is 1. The predicted molar refractivity (Wildman–Crippen MR) is 96.7 cm³/mol.